The Bertz CT molecular complexity index is 2000. The molecule has 0 spiro atoms. The van der Waals surface area contributed by atoms with Crippen LogP contribution in [0.4, 0.5) is 4.79 Å². The lowest BCUT2D eigenvalue weighted by Crippen LogP contribution is -2.61. The maximum atomic E-state index is 13.6. The van der Waals surface area contributed by atoms with Gasteiger partial charge in [-0.05, 0) is 92.7 Å². The molecule has 4 aliphatic rings. The first-order chi connectivity index (χ1) is 28.6. The molecule has 2 fully saturated rings. The molecule has 0 unspecified atom stereocenters. The van der Waals surface area contributed by atoms with Crippen molar-refractivity contribution in [3.05, 3.63) is 143 Å². The maximum Gasteiger partial charge on any atom is 0.411 e. The van der Waals surface area contributed by atoms with E-state index in [0.29, 0.717) is 19.6 Å². The molecule has 0 saturated carbocycles. The van der Waals surface area contributed by atoms with Gasteiger partial charge in [0.05, 0.1) is 18.1 Å². The van der Waals surface area contributed by atoms with Crippen molar-refractivity contribution in [2.45, 2.75) is 102 Å². The molecule has 2 aliphatic carbocycles. The molecule has 2 saturated heterocycles. The van der Waals surface area contributed by atoms with E-state index in [0.717, 1.165) is 71.2 Å². The first-order valence-corrected chi connectivity index (χ1v) is 21.6. The minimum Gasteiger partial charge on any atom is -0.444 e. The van der Waals surface area contributed by atoms with Crippen LogP contribution in [0.3, 0.4) is 0 Å². The van der Waals surface area contributed by atoms with Crippen LogP contribution < -0.4 is 16.0 Å². The molecule has 2 aliphatic heterocycles. The number of amides is 3. The fourth-order valence-corrected chi connectivity index (χ4v) is 8.91. The molecule has 10 nitrogen and oxygen atoms in total. The van der Waals surface area contributed by atoms with Gasteiger partial charge in [-0.25, -0.2) is 4.79 Å². The molecule has 10 heteroatoms. The maximum absolute atomic E-state index is 13.6. The highest BCUT2D eigenvalue weighted by molar-refractivity contribution is 5.86. The van der Waals surface area contributed by atoms with Crippen LogP contribution in [0, 0.1) is 0 Å². The van der Waals surface area contributed by atoms with Gasteiger partial charge in [0.2, 0.25) is 11.8 Å². The fourth-order valence-electron chi connectivity index (χ4n) is 8.91. The van der Waals surface area contributed by atoms with Crippen LogP contribution >= 0.6 is 0 Å². The highest BCUT2D eigenvalue weighted by Gasteiger charge is 2.39. The summed E-state index contributed by atoms with van der Waals surface area (Å²) in [6, 6.07) is 37.0. The summed E-state index contributed by atoms with van der Waals surface area (Å²) < 4.78 is 5.65. The zero-order chi connectivity index (χ0) is 41.2. The second kappa shape index (κ2) is 19.8. The predicted molar refractivity (Wildman–Crippen MR) is 232 cm³/mol. The summed E-state index contributed by atoms with van der Waals surface area (Å²) in [5.74, 6) is 0.0183. The van der Waals surface area contributed by atoms with E-state index in [1.807, 2.05) is 51.1 Å². The van der Waals surface area contributed by atoms with Crippen LogP contribution in [0.5, 0.6) is 0 Å². The summed E-state index contributed by atoms with van der Waals surface area (Å²) in [5, 5.41) is 9.96. The van der Waals surface area contributed by atoms with E-state index in [4.69, 9.17) is 4.74 Å². The molecule has 0 radical (unpaired) electrons. The lowest BCUT2D eigenvalue weighted by Gasteiger charge is -2.41. The molecule has 4 atom stereocenters. The molecule has 59 heavy (non-hydrogen) atoms. The third-order valence-electron chi connectivity index (χ3n) is 11.8. The first-order valence-electron chi connectivity index (χ1n) is 21.6. The van der Waals surface area contributed by atoms with Crippen LogP contribution in [0.2, 0.25) is 0 Å². The van der Waals surface area contributed by atoms with Crippen molar-refractivity contribution in [3.8, 4) is 0 Å². The number of fused-ring (bicyclic) bond motifs is 2. The van der Waals surface area contributed by atoms with Gasteiger partial charge in [-0.2, -0.15) is 0 Å². The number of ether oxygens (including phenoxy) is 1. The predicted octanol–water partition coefficient (Wildman–Crippen LogP) is 6.96. The van der Waals surface area contributed by atoms with Gasteiger partial charge in [0.1, 0.15) is 11.6 Å². The van der Waals surface area contributed by atoms with Gasteiger partial charge >= 0.3 is 6.09 Å². The molecule has 0 bridgehead atoms. The van der Waals surface area contributed by atoms with E-state index >= 15 is 0 Å². The zero-order valence-corrected chi connectivity index (χ0v) is 35.1. The number of carbonyl (C=O) groups is 3. The van der Waals surface area contributed by atoms with Crippen LogP contribution in [0.1, 0.15) is 91.9 Å². The van der Waals surface area contributed by atoms with E-state index < -0.39 is 17.7 Å². The average molecular weight is 799 g/mol. The first kappa shape index (κ1) is 42.1. The van der Waals surface area contributed by atoms with Crippen LogP contribution in [-0.2, 0) is 40.3 Å². The van der Waals surface area contributed by atoms with Crippen LogP contribution in [0.25, 0.3) is 0 Å². The Balaban J connectivity index is 0.000000184. The number of nitrogens with zero attached hydrogens (tertiary/aromatic N) is 3. The third kappa shape index (κ3) is 11.6. The molecule has 3 N–H and O–H groups in total. The SMILES string of the molecule is CC(C)(C)OC(=O)N1CCN(Cc2ccccc2)C[C@H]1C(=O)N[C@@H]1CCCc2ccccc21.O=C(N[C@@H]1CCCc2ccccc21)[C@@H]1CN(Cc2ccccc2)CCN1. The van der Waals surface area contributed by atoms with Crippen molar-refractivity contribution in [1.82, 2.24) is 30.7 Å². The minimum absolute atomic E-state index is 0.0209. The second-order valence-electron chi connectivity index (χ2n) is 17.4. The highest BCUT2D eigenvalue weighted by Crippen LogP contribution is 2.31. The Kier molecular flexibility index (Phi) is 14.1. The topological polar surface area (TPSA) is 106 Å². The molecular weight excluding hydrogens is 737 g/mol. The van der Waals surface area contributed by atoms with E-state index in [2.05, 4.69) is 105 Å². The Hall–Kier alpha value is -5.03. The van der Waals surface area contributed by atoms with Gasteiger partial charge in [0, 0.05) is 52.4 Å². The Morgan fingerprint density at radius 2 is 1.15 bits per heavy atom. The summed E-state index contributed by atoms with van der Waals surface area (Å²) in [6.07, 6.45) is 5.86. The van der Waals surface area contributed by atoms with Crippen LogP contribution in [0.15, 0.2) is 109 Å². The summed E-state index contributed by atoms with van der Waals surface area (Å²) in [7, 11) is 0. The second-order valence-corrected chi connectivity index (χ2v) is 17.4. The molecule has 4 aromatic carbocycles. The highest BCUT2D eigenvalue weighted by atomic mass is 16.6. The van der Waals surface area contributed by atoms with Gasteiger partial charge in [-0.1, -0.05) is 109 Å². The van der Waals surface area contributed by atoms with Gasteiger partial charge in [0.25, 0.3) is 0 Å². The molecular formula is C49H62N6O4. The van der Waals surface area contributed by atoms with E-state index in [1.165, 1.54) is 33.4 Å². The smallest absolute Gasteiger partial charge is 0.411 e. The standard InChI is InChI=1S/C27H35N3O3.C22H27N3O/c1-27(2,3)33-26(32)30-17-16-29(18-20-10-5-4-6-11-20)19-24(30)25(31)28-23-15-9-13-21-12-7-8-14-22(21)23;26-22(24-20-12-6-10-18-9-4-5-11-19(18)20)21-16-25(14-13-23-21)15-17-7-2-1-3-8-17/h4-8,10-12,14,23-24H,9,13,15-19H2,1-3H3,(H,28,31);1-5,7-9,11,20-21,23H,6,10,12-16H2,(H,24,26)/t23-,24+;20-,21+/m11/s1. The number of piperazine rings is 2. The van der Waals surface area contributed by atoms with Gasteiger partial charge in [-0.3, -0.25) is 24.3 Å². The Morgan fingerprint density at radius 3 is 1.71 bits per heavy atom. The molecule has 4 aromatic rings. The quantitative estimate of drug-likeness (QED) is 0.177. The number of hydrogen-bond donors (Lipinski definition) is 3. The van der Waals surface area contributed by atoms with E-state index in [-0.39, 0.29) is 29.9 Å². The lowest BCUT2D eigenvalue weighted by molar-refractivity contribution is -0.130. The summed E-state index contributed by atoms with van der Waals surface area (Å²) in [6.45, 7) is 11.4. The third-order valence-corrected chi connectivity index (χ3v) is 11.8. The van der Waals surface area contributed by atoms with Gasteiger partial charge in [0.15, 0.2) is 0 Å². The van der Waals surface area contributed by atoms with Crippen molar-refractivity contribution in [1.29, 1.82) is 0 Å². The van der Waals surface area contributed by atoms with Crippen molar-refractivity contribution >= 4 is 17.9 Å². The van der Waals surface area contributed by atoms with Crippen LogP contribution in [-0.4, -0.2) is 89.6 Å². The van der Waals surface area contributed by atoms with Crippen molar-refractivity contribution in [2.24, 2.45) is 0 Å². The Labute approximate surface area is 350 Å². The van der Waals surface area contributed by atoms with Gasteiger partial charge < -0.3 is 20.7 Å². The number of carbonyl (C=O) groups excluding carboxylic acids is 3. The average Bonchev–Trinajstić information content (AvgIpc) is 3.24. The minimum atomic E-state index is -0.610. The molecule has 3 amide bonds. The van der Waals surface area contributed by atoms with Crippen molar-refractivity contribution in [3.63, 3.8) is 0 Å². The largest absolute Gasteiger partial charge is 0.444 e. The number of hydrogen-bond acceptors (Lipinski definition) is 7. The monoisotopic (exact) mass is 798 g/mol. The summed E-state index contributed by atoms with van der Waals surface area (Å²) in [5.41, 5.74) is 7.06. The van der Waals surface area contributed by atoms with Crippen molar-refractivity contribution in [2.75, 3.05) is 39.3 Å². The fraction of sp³-hybridized carbons (Fsp3) is 0.449. The summed E-state index contributed by atoms with van der Waals surface area (Å²) in [4.78, 5) is 45.6. The molecule has 0 aromatic heterocycles. The number of nitrogens with one attached hydrogen (secondary N) is 3. The van der Waals surface area contributed by atoms with E-state index in [1.54, 1.807) is 4.90 Å². The number of benzene rings is 4. The van der Waals surface area contributed by atoms with Crippen molar-refractivity contribution < 1.29 is 19.1 Å². The molecule has 8 rings (SSSR count). The zero-order valence-electron chi connectivity index (χ0n) is 35.1. The molecule has 2 heterocycles. The van der Waals surface area contributed by atoms with E-state index in [9.17, 15) is 14.4 Å². The number of rotatable bonds is 8. The summed E-state index contributed by atoms with van der Waals surface area (Å²) >= 11 is 0. The number of aryl methyl sites for hydroxylation is 2. The Morgan fingerprint density at radius 1 is 0.644 bits per heavy atom. The van der Waals surface area contributed by atoms with Gasteiger partial charge in [-0.15, -0.1) is 0 Å². The normalized spacial score (nSPS) is 22.1. The lowest BCUT2D eigenvalue weighted by atomic mass is 9.87. The molecule has 312 valence electrons.